The Morgan fingerprint density at radius 2 is 1.98 bits per heavy atom. The molecule has 40 heavy (non-hydrogen) atoms. The van der Waals surface area contributed by atoms with Crippen LogP contribution in [0, 0.1) is 0 Å². The third kappa shape index (κ3) is 8.04. The maximum Gasteiger partial charge on any atom is 0.248 e. The third-order valence-electron chi connectivity index (χ3n) is 7.79. The number of piperidine rings is 1. The van der Waals surface area contributed by atoms with Crippen LogP contribution in [0.25, 0.3) is 6.08 Å². The maximum absolute atomic E-state index is 13.3. The van der Waals surface area contributed by atoms with Gasteiger partial charge in [0.1, 0.15) is 12.6 Å². The number of nitrogens with zero attached hydrogens (tertiary/aromatic N) is 4. The summed E-state index contributed by atoms with van der Waals surface area (Å²) < 4.78 is 33.2. The van der Waals surface area contributed by atoms with Crippen LogP contribution in [0.15, 0.2) is 17.5 Å². The fourth-order valence-corrected chi connectivity index (χ4v) is 7.72. The molecule has 14 heteroatoms. The molecule has 0 aromatic carbocycles. The second kappa shape index (κ2) is 13.8. The first-order valence-corrected chi connectivity index (χ1v) is 16.3. The molecule has 0 spiro atoms. The molecule has 3 unspecified atom stereocenters. The van der Waals surface area contributed by atoms with Crippen molar-refractivity contribution in [3.05, 3.63) is 26.8 Å². The van der Waals surface area contributed by atoms with Gasteiger partial charge >= 0.3 is 0 Å². The SMILES string of the molecule is COCC(=O)N(C)C1CCN(CC2CCCN2C(=O)CN2CCCC(NS(=O)(=O)/C=C/c3ccc(Cl)s3)C2=O)C1. The van der Waals surface area contributed by atoms with Crippen molar-refractivity contribution in [2.75, 3.05) is 60.0 Å². The molecule has 4 heterocycles. The van der Waals surface area contributed by atoms with Crippen LogP contribution in [0.4, 0.5) is 0 Å². The molecule has 0 bridgehead atoms. The number of methoxy groups -OCH3 is 1. The predicted molar refractivity (Wildman–Crippen MR) is 154 cm³/mol. The van der Waals surface area contributed by atoms with E-state index in [2.05, 4.69) is 9.62 Å². The largest absolute Gasteiger partial charge is 0.375 e. The van der Waals surface area contributed by atoms with Crippen LogP contribution >= 0.6 is 22.9 Å². The van der Waals surface area contributed by atoms with Crippen LogP contribution in [0.5, 0.6) is 0 Å². The monoisotopic (exact) mass is 615 g/mol. The Labute approximate surface area is 245 Å². The van der Waals surface area contributed by atoms with E-state index in [-0.39, 0.29) is 43.0 Å². The number of likely N-dealkylation sites (tertiary alicyclic amines) is 3. The second-order valence-electron chi connectivity index (χ2n) is 10.6. The van der Waals surface area contributed by atoms with E-state index in [9.17, 15) is 22.8 Å². The molecule has 0 saturated carbocycles. The Balaban J connectivity index is 1.29. The molecule has 0 aliphatic carbocycles. The lowest BCUT2D eigenvalue weighted by atomic mass is 10.1. The van der Waals surface area contributed by atoms with Gasteiger partial charge in [-0.15, -0.1) is 11.3 Å². The van der Waals surface area contributed by atoms with Gasteiger partial charge in [-0.05, 0) is 50.3 Å². The second-order valence-corrected chi connectivity index (χ2v) is 13.9. The van der Waals surface area contributed by atoms with E-state index in [0.717, 1.165) is 44.3 Å². The summed E-state index contributed by atoms with van der Waals surface area (Å²) >= 11 is 7.15. The molecule has 3 aliphatic heterocycles. The predicted octanol–water partition coefficient (Wildman–Crippen LogP) is 1.45. The Kier molecular flexibility index (Phi) is 10.6. The number of carbonyl (C=O) groups is 3. The summed E-state index contributed by atoms with van der Waals surface area (Å²) in [6, 6.07) is 2.67. The molecule has 3 amide bonds. The summed E-state index contributed by atoms with van der Waals surface area (Å²) in [5, 5.41) is 1.04. The minimum absolute atomic E-state index is 0.0396. The van der Waals surface area contributed by atoms with Crippen LogP contribution in [0.1, 0.15) is 37.0 Å². The van der Waals surface area contributed by atoms with Crippen LogP contribution in [-0.2, 0) is 29.1 Å². The van der Waals surface area contributed by atoms with E-state index >= 15 is 0 Å². The van der Waals surface area contributed by atoms with Crippen LogP contribution < -0.4 is 4.72 Å². The van der Waals surface area contributed by atoms with Gasteiger partial charge in [-0.1, -0.05) is 11.6 Å². The van der Waals surface area contributed by atoms with Crippen molar-refractivity contribution in [1.29, 1.82) is 0 Å². The molecule has 3 atom stereocenters. The molecule has 222 valence electrons. The summed E-state index contributed by atoms with van der Waals surface area (Å²) in [5.74, 6) is -0.531. The first-order valence-electron chi connectivity index (χ1n) is 13.6. The van der Waals surface area contributed by atoms with Crippen LogP contribution in [-0.4, -0.2) is 124 Å². The summed E-state index contributed by atoms with van der Waals surface area (Å²) in [4.78, 5) is 46.7. The van der Waals surface area contributed by atoms with Crippen molar-refractivity contribution < 1.29 is 27.5 Å². The Hall–Kier alpha value is -2.03. The zero-order valence-corrected chi connectivity index (χ0v) is 25.3. The minimum Gasteiger partial charge on any atom is -0.375 e. The normalized spacial score (nSPS) is 24.4. The molecular weight excluding hydrogens is 578 g/mol. The average Bonchev–Trinajstić information content (AvgIpc) is 3.67. The van der Waals surface area contributed by atoms with E-state index < -0.39 is 16.1 Å². The lowest BCUT2D eigenvalue weighted by Crippen LogP contribution is -2.55. The van der Waals surface area contributed by atoms with Crippen molar-refractivity contribution in [3.8, 4) is 0 Å². The standard InChI is InChI=1S/C26H38ClN5O6S2/c1-29(25(34)18-38-2)19-9-13-30(15-19)16-20-5-3-12-32(20)24(33)17-31-11-4-6-22(26(31)35)28-40(36,37)14-10-21-7-8-23(27)39-21/h7-8,10,14,19-20,22,28H,3-6,9,11-13,15-18H2,1-2H3/b14-10+. The van der Waals surface area contributed by atoms with Gasteiger partial charge in [0.05, 0.1) is 10.9 Å². The summed E-state index contributed by atoms with van der Waals surface area (Å²) in [5.41, 5.74) is 0. The van der Waals surface area contributed by atoms with Gasteiger partial charge in [0, 0.05) is 69.3 Å². The summed E-state index contributed by atoms with van der Waals surface area (Å²) in [6.45, 7) is 3.40. The van der Waals surface area contributed by atoms with Gasteiger partial charge < -0.3 is 19.4 Å². The number of nitrogens with one attached hydrogen (secondary N) is 1. The lowest BCUT2D eigenvalue weighted by Gasteiger charge is -2.34. The number of carbonyl (C=O) groups excluding carboxylic acids is 3. The number of amides is 3. The van der Waals surface area contributed by atoms with Gasteiger partial charge in [-0.2, -0.15) is 4.72 Å². The van der Waals surface area contributed by atoms with E-state index in [1.165, 1.54) is 29.4 Å². The fraction of sp³-hybridized carbons (Fsp3) is 0.654. The average molecular weight is 616 g/mol. The molecule has 0 radical (unpaired) electrons. The zero-order chi connectivity index (χ0) is 28.9. The van der Waals surface area contributed by atoms with Gasteiger partial charge in [0.2, 0.25) is 27.7 Å². The van der Waals surface area contributed by atoms with Crippen molar-refractivity contribution >= 4 is 56.8 Å². The molecular formula is C26H38ClN5O6S2. The first-order chi connectivity index (χ1) is 19.1. The Morgan fingerprint density at radius 1 is 1.20 bits per heavy atom. The number of halogens is 1. The summed E-state index contributed by atoms with van der Waals surface area (Å²) in [6.07, 6.45) is 5.10. The molecule has 1 aromatic heterocycles. The topological polar surface area (TPSA) is 120 Å². The highest BCUT2D eigenvalue weighted by Crippen LogP contribution is 2.24. The molecule has 3 fully saturated rings. The third-order valence-corrected chi connectivity index (χ3v) is 10.1. The highest BCUT2D eigenvalue weighted by Gasteiger charge is 2.37. The van der Waals surface area contributed by atoms with Crippen molar-refractivity contribution in [2.45, 2.75) is 50.2 Å². The van der Waals surface area contributed by atoms with Crippen molar-refractivity contribution in [2.24, 2.45) is 0 Å². The number of likely N-dealkylation sites (N-methyl/N-ethyl adjacent to an activating group) is 1. The molecule has 3 saturated heterocycles. The van der Waals surface area contributed by atoms with Crippen LogP contribution in [0.2, 0.25) is 4.34 Å². The molecule has 1 N–H and O–H groups in total. The molecule has 3 aliphatic rings. The highest BCUT2D eigenvalue weighted by molar-refractivity contribution is 7.92. The number of rotatable bonds is 11. The maximum atomic E-state index is 13.3. The van der Waals surface area contributed by atoms with Crippen molar-refractivity contribution in [1.82, 2.24) is 24.3 Å². The Bertz CT molecular complexity index is 1210. The van der Waals surface area contributed by atoms with E-state index in [1.54, 1.807) is 24.1 Å². The minimum atomic E-state index is -3.86. The van der Waals surface area contributed by atoms with E-state index in [1.807, 2.05) is 4.90 Å². The van der Waals surface area contributed by atoms with Gasteiger partial charge in [0.15, 0.2) is 0 Å². The Morgan fingerprint density at radius 3 is 2.70 bits per heavy atom. The zero-order valence-electron chi connectivity index (χ0n) is 23.0. The van der Waals surface area contributed by atoms with Gasteiger partial charge in [0.25, 0.3) is 0 Å². The van der Waals surface area contributed by atoms with Crippen molar-refractivity contribution in [3.63, 3.8) is 0 Å². The van der Waals surface area contributed by atoms with E-state index in [0.29, 0.717) is 35.1 Å². The smallest absolute Gasteiger partial charge is 0.248 e. The van der Waals surface area contributed by atoms with Gasteiger partial charge in [-0.25, -0.2) is 8.42 Å². The van der Waals surface area contributed by atoms with E-state index in [4.69, 9.17) is 16.3 Å². The number of hydrogen-bond acceptors (Lipinski definition) is 8. The molecule has 4 rings (SSSR count). The number of hydrogen-bond donors (Lipinski definition) is 1. The quantitative estimate of drug-likeness (QED) is 0.400. The number of ether oxygens (including phenoxy) is 1. The summed E-state index contributed by atoms with van der Waals surface area (Å²) in [7, 11) is -0.543. The number of thiophene rings is 1. The molecule has 11 nitrogen and oxygen atoms in total. The lowest BCUT2D eigenvalue weighted by molar-refractivity contribution is -0.143. The highest BCUT2D eigenvalue weighted by atomic mass is 35.5. The van der Waals surface area contributed by atoms with Crippen LogP contribution in [0.3, 0.4) is 0 Å². The molecule has 1 aromatic rings. The number of sulfonamides is 1. The van der Waals surface area contributed by atoms with Gasteiger partial charge in [-0.3, -0.25) is 19.3 Å². The fourth-order valence-electron chi connectivity index (χ4n) is 5.65. The first kappa shape index (κ1) is 30.9.